The van der Waals surface area contributed by atoms with E-state index in [-0.39, 0.29) is 24.3 Å². The molecule has 2 N–H and O–H groups in total. The Morgan fingerprint density at radius 1 is 0.957 bits per heavy atom. The smallest absolute Gasteiger partial charge is 0.303 e. The zero-order chi connectivity index (χ0) is 16.7. The van der Waals surface area contributed by atoms with Crippen molar-refractivity contribution in [2.24, 2.45) is 0 Å². The second-order valence-corrected chi connectivity index (χ2v) is 5.54. The second kappa shape index (κ2) is 8.13. The topological polar surface area (TPSA) is 66.4 Å². The Labute approximate surface area is 136 Å². The Balaban J connectivity index is 2.10. The number of rotatable bonds is 7. The third-order valence-corrected chi connectivity index (χ3v) is 3.86. The molecule has 1 amide bonds. The maximum atomic E-state index is 12.5. The molecule has 0 aliphatic heterocycles. The van der Waals surface area contributed by atoms with Gasteiger partial charge in [0.15, 0.2) is 0 Å². The van der Waals surface area contributed by atoms with Gasteiger partial charge in [-0.2, -0.15) is 0 Å². The largest absolute Gasteiger partial charge is 0.481 e. The summed E-state index contributed by atoms with van der Waals surface area (Å²) in [6.07, 6.45) is 0.381. The fraction of sp³-hybridized carbons (Fsp3) is 0.263. The molecule has 0 saturated heterocycles. The average Bonchev–Trinajstić information content (AvgIpc) is 2.59. The summed E-state index contributed by atoms with van der Waals surface area (Å²) in [4.78, 5) is 23.4. The number of carboxylic acid groups (broad SMARTS) is 1. The molecule has 0 aliphatic carbocycles. The summed E-state index contributed by atoms with van der Waals surface area (Å²) < 4.78 is 0. The highest BCUT2D eigenvalue weighted by Gasteiger charge is 2.20. The number of hydrogen-bond acceptors (Lipinski definition) is 2. The first-order chi connectivity index (χ1) is 11.1. The molecule has 4 heteroatoms. The van der Waals surface area contributed by atoms with Crippen LogP contribution in [0.25, 0.3) is 0 Å². The molecule has 0 saturated carbocycles. The Morgan fingerprint density at radius 2 is 1.48 bits per heavy atom. The van der Waals surface area contributed by atoms with Crippen LogP contribution in [0, 0.1) is 0 Å². The SMILES string of the molecule is C[C@@H](C(=O)NC(CCC(=O)O)c1ccccc1)c1ccccc1. The maximum Gasteiger partial charge on any atom is 0.303 e. The number of carbonyl (C=O) groups is 2. The number of benzene rings is 2. The average molecular weight is 311 g/mol. The van der Waals surface area contributed by atoms with E-state index in [1.54, 1.807) is 0 Å². The first-order valence-electron chi connectivity index (χ1n) is 7.70. The van der Waals surface area contributed by atoms with Gasteiger partial charge in [-0.05, 0) is 24.5 Å². The number of nitrogens with one attached hydrogen (secondary N) is 1. The van der Waals surface area contributed by atoms with Gasteiger partial charge in [0.05, 0.1) is 12.0 Å². The third kappa shape index (κ3) is 4.95. The summed E-state index contributed by atoms with van der Waals surface area (Å²) in [5.74, 6) is -1.25. The molecule has 2 aromatic rings. The minimum absolute atomic E-state index is 0.0135. The van der Waals surface area contributed by atoms with Crippen molar-refractivity contribution >= 4 is 11.9 Å². The van der Waals surface area contributed by atoms with E-state index >= 15 is 0 Å². The van der Waals surface area contributed by atoms with Crippen molar-refractivity contribution in [1.82, 2.24) is 5.32 Å². The van der Waals surface area contributed by atoms with Crippen molar-refractivity contribution in [3.05, 3.63) is 71.8 Å². The molecular formula is C19H21NO3. The lowest BCUT2D eigenvalue weighted by molar-refractivity contribution is -0.137. The van der Waals surface area contributed by atoms with Gasteiger partial charge in [0.2, 0.25) is 5.91 Å². The number of carbonyl (C=O) groups excluding carboxylic acids is 1. The predicted octanol–water partition coefficient (Wildman–Crippen LogP) is 3.51. The second-order valence-electron chi connectivity index (χ2n) is 5.54. The normalized spacial score (nSPS) is 13.1. The van der Waals surface area contributed by atoms with Gasteiger partial charge < -0.3 is 10.4 Å². The zero-order valence-electron chi connectivity index (χ0n) is 13.1. The number of amides is 1. The van der Waals surface area contributed by atoms with Crippen LogP contribution >= 0.6 is 0 Å². The van der Waals surface area contributed by atoms with Crippen molar-refractivity contribution in [2.45, 2.75) is 31.7 Å². The van der Waals surface area contributed by atoms with Crippen LogP contribution < -0.4 is 5.32 Å². The molecule has 0 aromatic heterocycles. The summed E-state index contributed by atoms with van der Waals surface area (Å²) >= 11 is 0. The fourth-order valence-electron chi connectivity index (χ4n) is 2.47. The van der Waals surface area contributed by atoms with Gasteiger partial charge in [-0.1, -0.05) is 60.7 Å². The van der Waals surface area contributed by atoms with Gasteiger partial charge in [0.1, 0.15) is 0 Å². The van der Waals surface area contributed by atoms with E-state index in [4.69, 9.17) is 5.11 Å². The van der Waals surface area contributed by atoms with E-state index < -0.39 is 5.97 Å². The van der Waals surface area contributed by atoms with Crippen LogP contribution in [-0.2, 0) is 9.59 Å². The van der Waals surface area contributed by atoms with Crippen molar-refractivity contribution in [3.8, 4) is 0 Å². The Hall–Kier alpha value is -2.62. The van der Waals surface area contributed by atoms with Gasteiger partial charge in [0, 0.05) is 6.42 Å². The first-order valence-corrected chi connectivity index (χ1v) is 7.70. The lowest BCUT2D eigenvalue weighted by atomic mass is 9.97. The fourth-order valence-corrected chi connectivity index (χ4v) is 2.47. The molecule has 0 bridgehead atoms. The van der Waals surface area contributed by atoms with Crippen LogP contribution in [0.4, 0.5) is 0 Å². The summed E-state index contributed by atoms with van der Waals surface area (Å²) in [7, 11) is 0. The van der Waals surface area contributed by atoms with Crippen LogP contribution in [0.1, 0.15) is 42.9 Å². The summed E-state index contributed by atoms with van der Waals surface area (Å²) in [5, 5.41) is 11.9. The molecule has 1 unspecified atom stereocenters. The van der Waals surface area contributed by atoms with E-state index in [9.17, 15) is 9.59 Å². The molecule has 2 atom stereocenters. The summed E-state index contributed by atoms with van der Waals surface area (Å²) in [6.45, 7) is 1.85. The first kappa shape index (κ1) is 16.7. The maximum absolute atomic E-state index is 12.5. The van der Waals surface area contributed by atoms with Crippen LogP contribution in [0.5, 0.6) is 0 Å². The lowest BCUT2D eigenvalue weighted by Crippen LogP contribution is -2.32. The Morgan fingerprint density at radius 3 is 2.00 bits per heavy atom. The highest BCUT2D eigenvalue weighted by Crippen LogP contribution is 2.21. The monoisotopic (exact) mass is 311 g/mol. The van der Waals surface area contributed by atoms with Crippen molar-refractivity contribution < 1.29 is 14.7 Å². The molecule has 0 radical (unpaired) electrons. The third-order valence-electron chi connectivity index (χ3n) is 3.86. The Kier molecular flexibility index (Phi) is 5.92. The predicted molar refractivity (Wildman–Crippen MR) is 89.1 cm³/mol. The van der Waals surface area contributed by atoms with Crippen molar-refractivity contribution in [1.29, 1.82) is 0 Å². The lowest BCUT2D eigenvalue weighted by Gasteiger charge is -2.21. The Bertz CT molecular complexity index is 640. The standard InChI is InChI=1S/C19H21NO3/c1-14(15-8-4-2-5-9-15)19(23)20-17(12-13-18(21)22)16-10-6-3-7-11-16/h2-11,14,17H,12-13H2,1H3,(H,20,23)(H,21,22)/t14-,17?/m1/s1. The molecule has 0 aliphatic rings. The molecule has 4 nitrogen and oxygen atoms in total. The highest BCUT2D eigenvalue weighted by molar-refractivity contribution is 5.83. The van der Waals surface area contributed by atoms with E-state index in [0.29, 0.717) is 6.42 Å². The highest BCUT2D eigenvalue weighted by atomic mass is 16.4. The van der Waals surface area contributed by atoms with E-state index in [1.807, 2.05) is 67.6 Å². The number of hydrogen-bond donors (Lipinski definition) is 2. The molecule has 23 heavy (non-hydrogen) atoms. The van der Waals surface area contributed by atoms with Gasteiger partial charge in [0.25, 0.3) is 0 Å². The minimum atomic E-state index is -0.865. The van der Waals surface area contributed by atoms with E-state index in [1.165, 1.54) is 0 Å². The van der Waals surface area contributed by atoms with Gasteiger partial charge >= 0.3 is 5.97 Å². The summed E-state index contributed by atoms with van der Waals surface area (Å²) in [6, 6.07) is 18.7. The number of carboxylic acids is 1. The van der Waals surface area contributed by atoms with Crippen molar-refractivity contribution in [3.63, 3.8) is 0 Å². The van der Waals surface area contributed by atoms with E-state index in [0.717, 1.165) is 11.1 Å². The molecule has 2 aromatic carbocycles. The van der Waals surface area contributed by atoms with Gasteiger partial charge in [-0.15, -0.1) is 0 Å². The minimum Gasteiger partial charge on any atom is -0.481 e. The van der Waals surface area contributed by atoms with Crippen LogP contribution in [-0.4, -0.2) is 17.0 Å². The van der Waals surface area contributed by atoms with Crippen molar-refractivity contribution in [2.75, 3.05) is 0 Å². The molecule has 0 heterocycles. The van der Waals surface area contributed by atoms with Gasteiger partial charge in [-0.25, -0.2) is 0 Å². The molecule has 2 rings (SSSR count). The number of aliphatic carboxylic acids is 1. The summed E-state index contributed by atoms with van der Waals surface area (Å²) in [5.41, 5.74) is 1.86. The van der Waals surface area contributed by atoms with E-state index in [2.05, 4.69) is 5.32 Å². The van der Waals surface area contributed by atoms with Crippen LogP contribution in [0.2, 0.25) is 0 Å². The van der Waals surface area contributed by atoms with Crippen LogP contribution in [0.3, 0.4) is 0 Å². The molecule has 0 spiro atoms. The molecule has 120 valence electrons. The zero-order valence-corrected chi connectivity index (χ0v) is 13.1. The van der Waals surface area contributed by atoms with Gasteiger partial charge in [-0.3, -0.25) is 9.59 Å². The van der Waals surface area contributed by atoms with Crippen LogP contribution in [0.15, 0.2) is 60.7 Å². The quantitative estimate of drug-likeness (QED) is 0.822. The molecular weight excluding hydrogens is 290 g/mol. The molecule has 0 fully saturated rings.